The molecule has 0 spiro atoms. The molecular formula is C24H27N3O2. The van der Waals surface area contributed by atoms with Crippen molar-refractivity contribution in [3.05, 3.63) is 70.0 Å². The second kappa shape index (κ2) is 8.03. The fraction of sp³-hybridized carbons (Fsp3) is 0.292. The Morgan fingerprint density at radius 2 is 2.10 bits per heavy atom. The second-order valence-corrected chi connectivity index (χ2v) is 7.98. The van der Waals surface area contributed by atoms with Crippen molar-refractivity contribution in [3.8, 4) is 0 Å². The maximum absolute atomic E-state index is 12.9. The number of fused-ring (bicyclic) bond motifs is 1. The molecule has 1 aliphatic heterocycles. The van der Waals surface area contributed by atoms with Gasteiger partial charge in [-0.1, -0.05) is 39.5 Å². The van der Waals surface area contributed by atoms with Gasteiger partial charge in [-0.3, -0.25) is 14.6 Å². The number of allylic oxidation sites excluding steroid dienone is 2. The van der Waals surface area contributed by atoms with Crippen molar-refractivity contribution in [1.82, 2.24) is 9.88 Å². The smallest absolute Gasteiger partial charge is 0.258 e. The Kier molecular flexibility index (Phi) is 5.69. The summed E-state index contributed by atoms with van der Waals surface area (Å²) in [6.45, 7) is 12.2. The monoisotopic (exact) mass is 389 g/mol. The van der Waals surface area contributed by atoms with Gasteiger partial charge in [-0.25, -0.2) is 0 Å². The molecule has 2 amide bonds. The minimum Gasteiger partial charge on any atom is -0.326 e. The summed E-state index contributed by atoms with van der Waals surface area (Å²) in [5.41, 5.74) is 2.59. The van der Waals surface area contributed by atoms with E-state index < -0.39 is 5.41 Å². The maximum atomic E-state index is 12.9. The lowest BCUT2D eigenvalue weighted by molar-refractivity contribution is -0.124. The molecule has 1 aliphatic rings. The molecule has 0 saturated carbocycles. The number of hydrogen-bond acceptors (Lipinski definition) is 3. The summed E-state index contributed by atoms with van der Waals surface area (Å²) in [5, 5.41) is 4.55. The number of nitrogens with one attached hydrogen (secondary N) is 1. The summed E-state index contributed by atoms with van der Waals surface area (Å²) in [5.74, 6) is -0.115. The molecule has 0 fully saturated rings. The first-order valence-electron chi connectivity index (χ1n) is 9.78. The van der Waals surface area contributed by atoms with Crippen LogP contribution in [0.3, 0.4) is 0 Å². The van der Waals surface area contributed by atoms with Gasteiger partial charge in [-0.05, 0) is 54.5 Å². The number of carbonyl (C=O) groups excluding carboxylic acids is 2. The van der Waals surface area contributed by atoms with Crippen LogP contribution in [0.2, 0.25) is 0 Å². The van der Waals surface area contributed by atoms with Gasteiger partial charge in [0, 0.05) is 28.6 Å². The Morgan fingerprint density at radius 1 is 1.34 bits per heavy atom. The van der Waals surface area contributed by atoms with E-state index in [2.05, 4.69) is 16.9 Å². The first-order valence-corrected chi connectivity index (χ1v) is 9.78. The summed E-state index contributed by atoms with van der Waals surface area (Å²) in [6.07, 6.45) is 6.21. The Hall–Kier alpha value is -3.21. The fourth-order valence-electron chi connectivity index (χ4n) is 3.01. The largest absolute Gasteiger partial charge is 0.326 e. The normalized spacial score (nSPS) is 14.9. The first-order chi connectivity index (χ1) is 13.7. The number of nitrogens with zero attached hydrogens (tertiary/aromatic N) is 2. The third-order valence-electron chi connectivity index (χ3n) is 5.50. The molecule has 0 saturated heterocycles. The number of hydrogen-bond donors (Lipinski definition) is 1. The van der Waals surface area contributed by atoms with Gasteiger partial charge in [0.1, 0.15) is 0 Å². The summed E-state index contributed by atoms with van der Waals surface area (Å²) in [6, 6.07) is 9.27. The first kappa shape index (κ1) is 20.5. The standard InChI is InChI=1S/C24H27N3O2/c1-6-24(4,5)23(29)26-19-11-10-18-15-27(22(28)20(18)14-19)17(3)9-12-21-16(2)8-7-13-25-21/h7-14H,2,6,15H2,1,3-5H3,(H,26,29). The number of benzene rings is 1. The molecule has 29 heavy (non-hydrogen) atoms. The van der Waals surface area contributed by atoms with Crippen LogP contribution in [-0.4, -0.2) is 21.7 Å². The van der Waals surface area contributed by atoms with E-state index in [9.17, 15) is 9.59 Å². The molecule has 5 heteroatoms. The number of carbonyl (C=O) groups is 2. The van der Waals surface area contributed by atoms with Crippen molar-refractivity contribution in [2.24, 2.45) is 5.41 Å². The second-order valence-electron chi connectivity index (χ2n) is 7.98. The van der Waals surface area contributed by atoms with Gasteiger partial charge in [0.25, 0.3) is 5.91 Å². The SMILES string of the molecule is C=c1cccnc1=CC=C(C)N1Cc2ccc(NC(=O)C(C)(C)CC)cc2C1=O. The minimum absolute atomic E-state index is 0.0488. The number of aromatic nitrogens is 1. The highest BCUT2D eigenvalue weighted by Crippen LogP contribution is 2.29. The van der Waals surface area contributed by atoms with Crippen molar-refractivity contribution in [3.63, 3.8) is 0 Å². The zero-order valence-electron chi connectivity index (χ0n) is 17.5. The zero-order chi connectivity index (χ0) is 21.2. The number of amides is 2. The van der Waals surface area contributed by atoms with Crippen molar-refractivity contribution in [2.45, 2.75) is 40.7 Å². The lowest BCUT2D eigenvalue weighted by atomic mass is 9.89. The molecule has 0 atom stereocenters. The molecular weight excluding hydrogens is 362 g/mol. The summed E-state index contributed by atoms with van der Waals surface area (Å²) >= 11 is 0. The van der Waals surface area contributed by atoms with E-state index in [1.165, 1.54) is 0 Å². The zero-order valence-corrected chi connectivity index (χ0v) is 17.5. The van der Waals surface area contributed by atoms with Gasteiger partial charge in [0.05, 0.1) is 11.9 Å². The Bertz CT molecular complexity index is 1100. The molecule has 0 radical (unpaired) electrons. The van der Waals surface area contributed by atoms with E-state index in [4.69, 9.17) is 0 Å². The predicted octanol–water partition coefficient (Wildman–Crippen LogP) is 3.21. The molecule has 1 aromatic heterocycles. The van der Waals surface area contributed by atoms with Gasteiger partial charge in [0.15, 0.2) is 0 Å². The third kappa shape index (κ3) is 4.29. The Morgan fingerprint density at radius 3 is 2.79 bits per heavy atom. The topological polar surface area (TPSA) is 62.3 Å². The van der Waals surface area contributed by atoms with Crippen molar-refractivity contribution < 1.29 is 9.59 Å². The lowest BCUT2D eigenvalue weighted by Gasteiger charge is -2.21. The van der Waals surface area contributed by atoms with Crippen LogP contribution in [0, 0.1) is 5.41 Å². The molecule has 0 bridgehead atoms. The molecule has 3 rings (SSSR count). The van der Waals surface area contributed by atoms with Gasteiger partial charge in [0.2, 0.25) is 5.91 Å². The van der Waals surface area contributed by atoms with Gasteiger partial charge in [-0.2, -0.15) is 0 Å². The van der Waals surface area contributed by atoms with Crippen molar-refractivity contribution >= 4 is 30.2 Å². The average molecular weight is 389 g/mol. The van der Waals surface area contributed by atoms with Crippen LogP contribution in [-0.2, 0) is 11.3 Å². The van der Waals surface area contributed by atoms with Crippen LogP contribution in [0.4, 0.5) is 5.69 Å². The number of pyridine rings is 1. The lowest BCUT2D eigenvalue weighted by Crippen LogP contribution is -2.30. The third-order valence-corrected chi connectivity index (χ3v) is 5.50. The molecule has 0 aliphatic carbocycles. The van der Waals surface area contributed by atoms with Crippen molar-refractivity contribution in [2.75, 3.05) is 5.32 Å². The summed E-state index contributed by atoms with van der Waals surface area (Å²) in [7, 11) is 0. The van der Waals surface area contributed by atoms with Crippen LogP contribution >= 0.6 is 0 Å². The minimum atomic E-state index is -0.456. The highest BCUT2D eigenvalue weighted by molar-refractivity contribution is 6.02. The van der Waals surface area contributed by atoms with Crippen LogP contribution in [0.15, 0.2) is 48.3 Å². The molecule has 2 aromatic rings. The van der Waals surface area contributed by atoms with Crippen LogP contribution in [0.5, 0.6) is 0 Å². The van der Waals surface area contributed by atoms with E-state index >= 15 is 0 Å². The molecule has 0 unspecified atom stereocenters. The Balaban J connectivity index is 1.82. The van der Waals surface area contributed by atoms with Gasteiger partial charge in [-0.15, -0.1) is 0 Å². The van der Waals surface area contributed by atoms with E-state index in [1.54, 1.807) is 17.2 Å². The molecule has 1 aromatic carbocycles. The highest BCUT2D eigenvalue weighted by atomic mass is 16.2. The maximum Gasteiger partial charge on any atom is 0.258 e. The predicted molar refractivity (Wildman–Crippen MR) is 116 cm³/mol. The van der Waals surface area contributed by atoms with Crippen molar-refractivity contribution in [1.29, 1.82) is 0 Å². The van der Waals surface area contributed by atoms with E-state index in [1.807, 2.05) is 64.1 Å². The fourth-order valence-corrected chi connectivity index (χ4v) is 3.01. The summed E-state index contributed by atoms with van der Waals surface area (Å²) < 4.78 is 0. The van der Waals surface area contributed by atoms with E-state index in [0.29, 0.717) is 17.8 Å². The quantitative estimate of drug-likeness (QED) is 0.854. The average Bonchev–Trinajstić information content (AvgIpc) is 3.03. The van der Waals surface area contributed by atoms with Crippen LogP contribution < -0.4 is 15.9 Å². The number of rotatable bonds is 5. The Labute approximate surface area is 171 Å². The van der Waals surface area contributed by atoms with Gasteiger partial charge >= 0.3 is 0 Å². The van der Waals surface area contributed by atoms with Gasteiger partial charge < -0.3 is 10.2 Å². The molecule has 1 N–H and O–H groups in total. The van der Waals surface area contributed by atoms with Crippen LogP contribution in [0.25, 0.3) is 12.7 Å². The van der Waals surface area contributed by atoms with Crippen LogP contribution in [0.1, 0.15) is 50.0 Å². The number of anilines is 1. The van der Waals surface area contributed by atoms with E-state index in [0.717, 1.165) is 28.2 Å². The molecule has 5 nitrogen and oxygen atoms in total. The molecule has 2 heterocycles. The van der Waals surface area contributed by atoms with E-state index in [-0.39, 0.29) is 11.8 Å². The highest BCUT2D eigenvalue weighted by Gasteiger charge is 2.30. The summed E-state index contributed by atoms with van der Waals surface area (Å²) in [4.78, 5) is 31.4. The molecule has 150 valence electrons.